The molecule has 0 unspecified atom stereocenters. The molecule has 134 valence electrons. The Bertz CT molecular complexity index is 568. The van der Waals surface area contributed by atoms with Crippen molar-refractivity contribution in [3.63, 3.8) is 0 Å². The molecule has 0 aromatic heterocycles. The van der Waals surface area contributed by atoms with Gasteiger partial charge in [0, 0.05) is 37.0 Å². The molecule has 1 amide bonds. The molecule has 0 N–H and O–H groups in total. The summed E-state index contributed by atoms with van der Waals surface area (Å²) >= 11 is 5.98. The molecule has 0 bridgehead atoms. The van der Waals surface area contributed by atoms with E-state index in [1.54, 1.807) is 17.0 Å². The fraction of sp³-hybridized carbons (Fsp3) is 0.588. The normalized spacial score (nSPS) is 16.0. The van der Waals surface area contributed by atoms with Crippen molar-refractivity contribution >= 4 is 17.7 Å². The second kappa shape index (κ2) is 7.92. The van der Waals surface area contributed by atoms with Crippen molar-refractivity contribution in [3.05, 3.63) is 23.2 Å². The SMILES string of the molecule is CC(C)(C)OC(=O)N1CCC(Oc2cc(Cl)cc(OCF)c2)CC1. The highest BCUT2D eigenvalue weighted by Gasteiger charge is 2.27. The van der Waals surface area contributed by atoms with Gasteiger partial charge in [0.05, 0.1) is 0 Å². The lowest BCUT2D eigenvalue weighted by Crippen LogP contribution is -2.44. The van der Waals surface area contributed by atoms with Crippen molar-refractivity contribution in [1.82, 2.24) is 4.90 Å². The Kier molecular flexibility index (Phi) is 6.15. The van der Waals surface area contributed by atoms with Gasteiger partial charge < -0.3 is 19.1 Å². The number of nitrogens with zero attached hydrogens (tertiary/aromatic N) is 1. The largest absolute Gasteiger partial charge is 0.490 e. The van der Waals surface area contributed by atoms with E-state index in [0.29, 0.717) is 42.5 Å². The van der Waals surface area contributed by atoms with Gasteiger partial charge >= 0.3 is 6.09 Å². The van der Waals surface area contributed by atoms with E-state index in [1.807, 2.05) is 20.8 Å². The second-order valence-corrected chi connectivity index (χ2v) is 7.10. The molecule has 0 atom stereocenters. The van der Waals surface area contributed by atoms with E-state index in [-0.39, 0.29) is 12.2 Å². The standard InChI is InChI=1S/C17H23ClFNO4/c1-17(2,3)24-16(21)20-6-4-13(5-7-20)23-15-9-12(18)8-14(10-15)22-11-19/h8-10,13H,4-7,11H2,1-3H3. The first-order valence-electron chi connectivity index (χ1n) is 7.91. The van der Waals surface area contributed by atoms with E-state index in [1.165, 1.54) is 6.07 Å². The van der Waals surface area contributed by atoms with Crippen LogP contribution in [0.5, 0.6) is 11.5 Å². The molecule has 0 spiro atoms. The van der Waals surface area contributed by atoms with Crippen LogP contribution in [0, 0.1) is 0 Å². The molecule has 1 saturated heterocycles. The summed E-state index contributed by atoms with van der Waals surface area (Å²) < 4.78 is 28.3. The van der Waals surface area contributed by atoms with Gasteiger partial charge in [-0.3, -0.25) is 0 Å². The van der Waals surface area contributed by atoms with Gasteiger partial charge in [0.15, 0.2) is 0 Å². The average Bonchev–Trinajstić information content (AvgIpc) is 2.46. The molecule has 1 aromatic rings. The second-order valence-electron chi connectivity index (χ2n) is 6.66. The summed E-state index contributed by atoms with van der Waals surface area (Å²) in [5, 5.41) is 0.419. The zero-order valence-corrected chi connectivity index (χ0v) is 14.9. The Morgan fingerprint density at radius 1 is 1.25 bits per heavy atom. The van der Waals surface area contributed by atoms with Crippen LogP contribution in [0.3, 0.4) is 0 Å². The average molecular weight is 360 g/mol. The highest BCUT2D eigenvalue weighted by atomic mass is 35.5. The molecule has 0 radical (unpaired) electrons. The van der Waals surface area contributed by atoms with E-state index in [0.717, 1.165) is 0 Å². The van der Waals surface area contributed by atoms with Gasteiger partial charge in [0.2, 0.25) is 6.86 Å². The number of likely N-dealkylation sites (tertiary alicyclic amines) is 1. The number of ether oxygens (including phenoxy) is 3. The van der Waals surface area contributed by atoms with Crippen LogP contribution in [0.1, 0.15) is 33.6 Å². The monoisotopic (exact) mass is 359 g/mol. The molecule has 0 aliphatic carbocycles. The molecule has 24 heavy (non-hydrogen) atoms. The molecule has 1 aromatic carbocycles. The first-order valence-corrected chi connectivity index (χ1v) is 8.28. The number of piperidine rings is 1. The molecule has 0 saturated carbocycles. The smallest absolute Gasteiger partial charge is 0.410 e. The minimum Gasteiger partial charge on any atom is -0.490 e. The minimum atomic E-state index is -0.923. The minimum absolute atomic E-state index is 0.0413. The summed E-state index contributed by atoms with van der Waals surface area (Å²) in [6, 6.07) is 4.79. The quantitative estimate of drug-likeness (QED) is 0.798. The van der Waals surface area contributed by atoms with Gasteiger partial charge in [-0.1, -0.05) is 11.6 Å². The molecule has 1 heterocycles. The third kappa shape index (κ3) is 5.74. The first kappa shape index (κ1) is 18.6. The van der Waals surface area contributed by atoms with Crippen LogP contribution in [0.15, 0.2) is 18.2 Å². The molecule has 1 aliphatic heterocycles. The summed E-state index contributed by atoms with van der Waals surface area (Å²) in [4.78, 5) is 13.7. The summed E-state index contributed by atoms with van der Waals surface area (Å²) in [7, 11) is 0. The highest BCUT2D eigenvalue weighted by molar-refractivity contribution is 6.30. The number of rotatable bonds is 4. The lowest BCUT2D eigenvalue weighted by molar-refractivity contribution is 0.0126. The molecule has 5 nitrogen and oxygen atoms in total. The molecule has 1 fully saturated rings. The van der Waals surface area contributed by atoms with Crippen LogP contribution in [0.2, 0.25) is 5.02 Å². The molecule has 7 heteroatoms. The zero-order chi connectivity index (χ0) is 17.7. The highest BCUT2D eigenvalue weighted by Crippen LogP contribution is 2.28. The van der Waals surface area contributed by atoms with Crippen LogP contribution in [0.25, 0.3) is 0 Å². The van der Waals surface area contributed by atoms with E-state index in [9.17, 15) is 9.18 Å². The fourth-order valence-electron chi connectivity index (χ4n) is 2.43. The Labute approximate surface area is 146 Å². The van der Waals surface area contributed by atoms with Gasteiger partial charge in [-0.15, -0.1) is 0 Å². The molecule has 2 rings (SSSR count). The maximum Gasteiger partial charge on any atom is 0.410 e. The van der Waals surface area contributed by atoms with E-state index in [2.05, 4.69) is 0 Å². The van der Waals surface area contributed by atoms with Crippen molar-refractivity contribution in [1.29, 1.82) is 0 Å². The van der Waals surface area contributed by atoms with E-state index >= 15 is 0 Å². The number of benzene rings is 1. The third-order valence-electron chi connectivity index (χ3n) is 3.46. The predicted molar refractivity (Wildman–Crippen MR) is 89.5 cm³/mol. The zero-order valence-electron chi connectivity index (χ0n) is 14.2. The van der Waals surface area contributed by atoms with Crippen molar-refractivity contribution < 1.29 is 23.4 Å². The summed E-state index contributed by atoms with van der Waals surface area (Å²) in [6.07, 6.45) is 1.03. The maximum absolute atomic E-state index is 12.3. The van der Waals surface area contributed by atoms with Crippen molar-refractivity contribution in [2.75, 3.05) is 20.0 Å². The number of alkyl halides is 1. The third-order valence-corrected chi connectivity index (χ3v) is 3.68. The van der Waals surface area contributed by atoms with Gasteiger partial charge in [0.1, 0.15) is 23.2 Å². The van der Waals surface area contributed by atoms with Crippen LogP contribution in [-0.2, 0) is 4.74 Å². The van der Waals surface area contributed by atoms with Gasteiger partial charge in [-0.2, -0.15) is 0 Å². The summed E-state index contributed by atoms with van der Waals surface area (Å²) in [5.74, 6) is 0.854. The topological polar surface area (TPSA) is 48.0 Å². The molecular weight excluding hydrogens is 337 g/mol. The van der Waals surface area contributed by atoms with Crippen molar-refractivity contribution in [2.24, 2.45) is 0 Å². The van der Waals surface area contributed by atoms with Crippen LogP contribution in [0.4, 0.5) is 9.18 Å². The lowest BCUT2D eigenvalue weighted by atomic mass is 10.1. The number of hydrogen-bond acceptors (Lipinski definition) is 4. The number of carbonyl (C=O) groups excluding carboxylic acids is 1. The van der Waals surface area contributed by atoms with Gasteiger partial charge in [-0.25, -0.2) is 9.18 Å². The Morgan fingerprint density at radius 3 is 2.46 bits per heavy atom. The summed E-state index contributed by atoms with van der Waals surface area (Å²) in [6.45, 7) is 5.74. The first-order chi connectivity index (χ1) is 11.3. The van der Waals surface area contributed by atoms with Gasteiger partial charge in [0.25, 0.3) is 0 Å². The number of amides is 1. The van der Waals surface area contributed by atoms with E-state index in [4.69, 9.17) is 25.8 Å². The maximum atomic E-state index is 12.3. The van der Waals surface area contributed by atoms with Crippen LogP contribution >= 0.6 is 11.6 Å². The Hall–Kier alpha value is -1.69. The number of hydrogen-bond donors (Lipinski definition) is 0. The number of halogens is 2. The van der Waals surface area contributed by atoms with E-state index < -0.39 is 12.5 Å². The fourth-order valence-corrected chi connectivity index (χ4v) is 2.64. The van der Waals surface area contributed by atoms with Crippen LogP contribution in [-0.4, -0.2) is 42.6 Å². The van der Waals surface area contributed by atoms with Gasteiger partial charge in [-0.05, 0) is 32.9 Å². The van der Waals surface area contributed by atoms with Crippen molar-refractivity contribution in [2.45, 2.75) is 45.3 Å². The Morgan fingerprint density at radius 2 is 1.88 bits per heavy atom. The molecule has 1 aliphatic rings. The predicted octanol–water partition coefficient (Wildman–Crippen LogP) is 4.42. The van der Waals surface area contributed by atoms with Crippen molar-refractivity contribution in [3.8, 4) is 11.5 Å². The van der Waals surface area contributed by atoms with Crippen LogP contribution < -0.4 is 9.47 Å². The lowest BCUT2D eigenvalue weighted by Gasteiger charge is -2.33. The Balaban J connectivity index is 1.88. The molecular formula is C17H23ClFNO4. The summed E-state index contributed by atoms with van der Waals surface area (Å²) in [5.41, 5.74) is -0.502. The number of carbonyl (C=O) groups is 1.